The lowest BCUT2D eigenvalue weighted by Gasteiger charge is -2.00. The summed E-state index contributed by atoms with van der Waals surface area (Å²) in [6.07, 6.45) is 0.878. The van der Waals surface area contributed by atoms with Gasteiger partial charge in [-0.25, -0.2) is 4.79 Å². The van der Waals surface area contributed by atoms with Crippen molar-refractivity contribution >= 4 is 22.4 Å². The molecule has 0 radical (unpaired) electrons. The molecule has 0 amide bonds. The van der Waals surface area contributed by atoms with Crippen LogP contribution in [0.25, 0.3) is 0 Å². The van der Waals surface area contributed by atoms with Gasteiger partial charge in [0, 0.05) is 6.20 Å². The molecule has 0 aliphatic heterocycles. The molecular formula is C7H5NO6S. The molecule has 80 valence electrons. The molecule has 1 aromatic rings. The lowest BCUT2D eigenvalue weighted by Crippen LogP contribution is -2.08. The van der Waals surface area contributed by atoms with Crippen LogP contribution in [0.15, 0.2) is 17.2 Å². The number of nitrogens with zero attached hydrogens (tertiary/aromatic N) is 1. The molecule has 1 rings (SSSR count). The van der Waals surface area contributed by atoms with Crippen molar-refractivity contribution in [2.45, 2.75) is 4.90 Å². The van der Waals surface area contributed by atoms with Crippen molar-refractivity contribution in [2.24, 2.45) is 0 Å². The molecule has 0 aliphatic carbocycles. The molecule has 15 heavy (non-hydrogen) atoms. The van der Waals surface area contributed by atoms with Crippen LogP contribution in [0.4, 0.5) is 0 Å². The minimum atomic E-state index is -4.53. The molecule has 0 saturated heterocycles. The summed E-state index contributed by atoms with van der Waals surface area (Å²) in [6.45, 7) is 0. The predicted molar refractivity (Wildman–Crippen MR) is 46.4 cm³/mol. The van der Waals surface area contributed by atoms with Gasteiger partial charge in [0.15, 0.2) is 6.29 Å². The topological polar surface area (TPSA) is 122 Å². The molecule has 0 aliphatic rings. The Hall–Kier alpha value is -1.80. The SMILES string of the molecule is O=Cc1ncc(S(=O)(=O)O)cc1C(=O)O. The van der Waals surface area contributed by atoms with Crippen LogP contribution in [0, 0.1) is 0 Å². The van der Waals surface area contributed by atoms with Crippen LogP contribution >= 0.6 is 0 Å². The third-order valence-corrected chi connectivity index (χ3v) is 2.35. The minimum absolute atomic E-state index is 0.178. The van der Waals surface area contributed by atoms with E-state index in [1.54, 1.807) is 0 Å². The summed E-state index contributed by atoms with van der Waals surface area (Å²) in [7, 11) is -4.53. The molecule has 0 unspecified atom stereocenters. The molecule has 0 bridgehead atoms. The molecule has 0 saturated carbocycles. The molecule has 0 fully saturated rings. The second kappa shape index (κ2) is 3.75. The quantitative estimate of drug-likeness (QED) is 0.547. The van der Waals surface area contributed by atoms with Crippen molar-refractivity contribution in [1.82, 2.24) is 4.98 Å². The van der Waals surface area contributed by atoms with E-state index in [1.165, 1.54) is 0 Å². The number of hydrogen-bond donors (Lipinski definition) is 2. The maximum Gasteiger partial charge on any atom is 0.338 e. The highest BCUT2D eigenvalue weighted by Crippen LogP contribution is 2.12. The van der Waals surface area contributed by atoms with Gasteiger partial charge in [-0.05, 0) is 6.07 Å². The van der Waals surface area contributed by atoms with Gasteiger partial charge in [-0.15, -0.1) is 0 Å². The first kappa shape index (κ1) is 11.3. The number of carboxylic acids is 1. The van der Waals surface area contributed by atoms with Gasteiger partial charge in [0.25, 0.3) is 10.1 Å². The van der Waals surface area contributed by atoms with Crippen molar-refractivity contribution in [2.75, 3.05) is 0 Å². The third kappa shape index (κ3) is 2.36. The van der Waals surface area contributed by atoms with Crippen LogP contribution in [-0.2, 0) is 10.1 Å². The Labute approximate surface area is 84.1 Å². The number of carbonyl (C=O) groups excluding carboxylic acids is 1. The summed E-state index contributed by atoms with van der Waals surface area (Å²) in [5, 5.41) is 8.61. The van der Waals surface area contributed by atoms with Gasteiger partial charge < -0.3 is 5.11 Å². The first-order valence-corrected chi connectivity index (χ1v) is 4.96. The number of carboxylic acid groups (broad SMARTS) is 1. The first-order valence-electron chi connectivity index (χ1n) is 3.52. The van der Waals surface area contributed by atoms with Crippen LogP contribution in [0.5, 0.6) is 0 Å². The summed E-state index contributed by atoms with van der Waals surface area (Å²) in [6, 6.07) is 0.661. The Morgan fingerprint density at radius 1 is 1.47 bits per heavy atom. The van der Waals surface area contributed by atoms with E-state index in [4.69, 9.17) is 9.66 Å². The number of aromatic nitrogens is 1. The Kier molecular flexibility index (Phi) is 2.82. The molecule has 7 nitrogen and oxygen atoms in total. The molecule has 0 aromatic carbocycles. The summed E-state index contributed by atoms with van der Waals surface area (Å²) >= 11 is 0. The summed E-state index contributed by atoms with van der Waals surface area (Å²) in [5.74, 6) is -1.50. The smallest absolute Gasteiger partial charge is 0.338 e. The highest BCUT2D eigenvalue weighted by atomic mass is 32.2. The lowest BCUT2D eigenvalue weighted by molar-refractivity contribution is 0.0693. The van der Waals surface area contributed by atoms with Gasteiger partial charge in [0.05, 0.1) is 5.56 Å². The van der Waals surface area contributed by atoms with Gasteiger partial charge in [0.2, 0.25) is 0 Å². The van der Waals surface area contributed by atoms with Crippen molar-refractivity contribution in [1.29, 1.82) is 0 Å². The van der Waals surface area contributed by atoms with Crippen LogP contribution in [-0.4, -0.2) is 35.3 Å². The molecular weight excluding hydrogens is 226 g/mol. The van der Waals surface area contributed by atoms with E-state index in [2.05, 4.69) is 4.98 Å². The van der Waals surface area contributed by atoms with Crippen molar-refractivity contribution in [3.8, 4) is 0 Å². The van der Waals surface area contributed by atoms with E-state index in [0.717, 1.165) is 0 Å². The first-order chi connectivity index (χ1) is 6.86. The average Bonchev–Trinajstić information content (AvgIpc) is 2.15. The van der Waals surface area contributed by atoms with Crippen LogP contribution < -0.4 is 0 Å². The molecule has 0 spiro atoms. The number of aldehydes is 1. The van der Waals surface area contributed by atoms with Crippen LogP contribution in [0.1, 0.15) is 20.8 Å². The molecule has 0 atom stereocenters. The third-order valence-electron chi connectivity index (χ3n) is 1.53. The minimum Gasteiger partial charge on any atom is -0.478 e. The van der Waals surface area contributed by atoms with E-state index < -0.39 is 32.2 Å². The lowest BCUT2D eigenvalue weighted by atomic mass is 10.2. The Bertz CT molecular complexity index is 520. The largest absolute Gasteiger partial charge is 0.478 e. The van der Waals surface area contributed by atoms with E-state index >= 15 is 0 Å². The number of hydrogen-bond acceptors (Lipinski definition) is 5. The highest BCUT2D eigenvalue weighted by Gasteiger charge is 2.17. The Balaban J connectivity index is 3.48. The summed E-state index contributed by atoms with van der Waals surface area (Å²) in [4.78, 5) is 23.6. The van der Waals surface area contributed by atoms with E-state index in [0.29, 0.717) is 12.3 Å². The fourth-order valence-corrected chi connectivity index (χ4v) is 1.32. The van der Waals surface area contributed by atoms with Gasteiger partial charge in [-0.2, -0.15) is 8.42 Å². The van der Waals surface area contributed by atoms with E-state index in [1.807, 2.05) is 0 Å². The standard InChI is InChI=1S/C7H5NO6S/c9-3-6-5(7(10)11)1-4(2-8-6)15(12,13)14/h1-3H,(H,10,11)(H,12,13,14). The van der Waals surface area contributed by atoms with Crippen molar-refractivity contribution in [3.05, 3.63) is 23.5 Å². The van der Waals surface area contributed by atoms with Gasteiger partial charge in [-0.1, -0.05) is 0 Å². The summed E-state index contributed by atoms with van der Waals surface area (Å²) < 4.78 is 29.9. The van der Waals surface area contributed by atoms with Crippen molar-refractivity contribution < 1.29 is 27.7 Å². The fraction of sp³-hybridized carbons (Fsp3) is 0. The van der Waals surface area contributed by atoms with Crippen molar-refractivity contribution in [3.63, 3.8) is 0 Å². The van der Waals surface area contributed by atoms with Gasteiger partial charge in [-0.3, -0.25) is 14.3 Å². The zero-order valence-corrected chi connectivity index (χ0v) is 7.93. The van der Waals surface area contributed by atoms with Crippen LogP contribution in [0.3, 0.4) is 0 Å². The monoisotopic (exact) mass is 231 g/mol. The fourth-order valence-electron chi connectivity index (χ4n) is 0.862. The van der Waals surface area contributed by atoms with E-state index in [9.17, 15) is 18.0 Å². The maximum absolute atomic E-state index is 10.6. The van der Waals surface area contributed by atoms with Crippen LogP contribution in [0.2, 0.25) is 0 Å². The molecule has 1 heterocycles. The zero-order chi connectivity index (χ0) is 11.6. The van der Waals surface area contributed by atoms with Gasteiger partial charge >= 0.3 is 5.97 Å². The predicted octanol–water partition coefficient (Wildman–Crippen LogP) is -0.161. The normalized spacial score (nSPS) is 11.0. The van der Waals surface area contributed by atoms with Gasteiger partial charge in [0.1, 0.15) is 10.6 Å². The van der Waals surface area contributed by atoms with E-state index in [-0.39, 0.29) is 6.29 Å². The Morgan fingerprint density at radius 3 is 2.47 bits per heavy atom. The highest BCUT2D eigenvalue weighted by molar-refractivity contribution is 7.85. The number of rotatable bonds is 3. The second-order valence-corrected chi connectivity index (χ2v) is 3.92. The number of pyridine rings is 1. The molecule has 1 aromatic heterocycles. The average molecular weight is 231 g/mol. The molecule has 2 N–H and O–H groups in total. The summed E-state index contributed by atoms with van der Waals surface area (Å²) in [5.41, 5.74) is -0.991. The number of carbonyl (C=O) groups is 2. The number of aromatic carboxylic acids is 1. The maximum atomic E-state index is 10.6. The molecule has 8 heteroatoms. The second-order valence-electron chi connectivity index (χ2n) is 2.50. The Morgan fingerprint density at radius 2 is 2.07 bits per heavy atom. The zero-order valence-electron chi connectivity index (χ0n) is 7.11.